The van der Waals surface area contributed by atoms with Gasteiger partial charge in [0, 0.05) is 18.3 Å². The Morgan fingerprint density at radius 1 is 1.44 bits per heavy atom. The molecule has 84 valence electrons. The number of rotatable bonds is 4. The van der Waals surface area contributed by atoms with Gasteiger partial charge < -0.3 is 5.32 Å². The first-order chi connectivity index (χ1) is 7.81. The molecule has 0 bridgehead atoms. The van der Waals surface area contributed by atoms with Gasteiger partial charge in [-0.2, -0.15) is 5.10 Å². The average Bonchev–Trinajstić information content (AvgIpc) is 2.81. The zero-order valence-electron chi connectivity index (χ0n) is 8.87. The Kier molecular flexibility index (Phi) is 3.09. The third kappa shape index (κ3) is 2.16. The van der Waals surface area contributed by atoms with E-state index in [9.17, 15) is 4.39 Å². The second kappa shape index (κ2) is 4.69. The zero-order chi connectivity index (χ0) is 11.4. The molecule has 2 heterocycles. The topological polar surface area (TPSA) is 66.5 Å². The fourth-order valence-corrected chi connectivity index (χ4v) is 1.34. The molecule has 0 saturated heterocycles. The van der Waals surface area contributed by atoms with Crippen LogP contribution in [0.4, 0.5) is 10.2 Å². The monoisotopic (exact) mass is 221 g/mol. The van der Waals surface area contributed by atoms with Gasteiger partial charge >= 0.3 is 0 Å². The number of hydrogen-bond donors (Lipinski definition) is 2. The summed E-state index contributed by atoms with van der Waals surface area (Å²) in [5.41, 5.74) is 1.36. The van der Waals surface area contributed by atoms with Gasteiger partial charge in [0.2, 0.25) is 0 Å². The van der Waals surface area contributed by atoms with Crippen molar-refractivity contribution in [2.24, 2.45) is 0 Å². The molecule has 2 N–H and O–H groups in total. The molecule has 0 aliphatic heterocycles. The largest absolute Gasteiger partial charge is 0.363 e. The first kappa shape index (κ1) is 10.5. The summed E-state index contributed by atoms with van der Waals surface area (Å²) >= 11 is 0. The summed E-state index contributed by atoms with van der Waals surface area (Å²) in [6.07, 6.45) is 5.33. The zero-order valence-corrected chi connectivity index (χ0v) is 8.87. The molecule has 6 heteroatoms. The normalized spacial score (nSPS) is 10.4. The van der Waals surface area contributed by atoms with Crippen molar-refractivity contribution in [3.63, 3.8) is 0 Å². The molecule has 0 saturated carbocycles. The maximum absolute atomic E-state index is 13.7. The molecule has 2 rings (SSSR count). The van der Waals surface area contributed by atoms with Crippen LogP contribution in [0.3, 0.4) is 0 Å². The third-order valence-corrected chi connectivity index (χ3v) is 2.21. The van der Waals surface area contributed by atoms with Gasteiger partial charge in [-0.1, -0.05) is 6.92 Å². The lowest BCUT2D eigenvalue weighted by molar-refractivity contribution is 0.596. The maximum Gasteiger partial charge on any atom is 0.186 e. The quantitative estimate of drug-likeness (QED) is 0.821. The van der Waals surface area contributed by atoms with Gasteiger partial charge in [-0.25, -0.2) is 14.4 Å². The summed E-state index contributed by atoms with van der Waals surface area (Å²) in [5, 5.41) is 9.39. The van der Waals surface area contributed by atoms with Gasteiger partial charge in [0.1, 0.15) is 6.33 Å². The van der Waals surface area contributed by atoms with Crippen LogP contribution in [0, 0.1) is 5.82 Å². The van der Waals surface area contributed by atoms with E-state index in [2.05, 4.69) is 25.5 Å². The molecule has 0 radical (unpaired) electrons. The van der Waals surface area contributed by atoms with Gasteiger partial charge in [-0.05, 0) is 6.42 Å². The average molecular weight is 221 g/mol. The number of anilines is 1. The van der Waals surface area contributed by atoms with Gasteiger partial charge in [0.15, 0.2) is 11.6 Å². The summed E-state index contributed by atoms with van der Waals surface area (Å²) in [7, 11) is 0. The summed E-state index contributed by atoms with van der Waals surface area (Å²) in [6, 6.07) is 0. The number of aromatic nitrogens is 4. The Bertz CT molecular complexity index is 454. The molecular weight excluding hydrogens is 209 g/mol. The predicted octanol–water partition coefficient (Wildman–Crippen LogP) is 1.51. The molecule has 0 amide bonds. The number of H-pyrrole nitrogens is 1. The Morgan fingerprint density at radius 3 is 3.00 bits per heavy atom. The number of nitrogens with zero attached hydrogens (tertiary/aromatic N) is 3. The van der Waals surface area contributed by atoms with E-state index in [-0.39, 0.29) is 11.6 Å². The second-order valence-electron chi connectivity index (χ2n) is 3.30. The minimum atomic E-state index is -0.381. The minimum absolute atomic E-state index is 0.230. The van der Waals surface area contributed by atoms with Crippen molar-refractivity contribution < 1.29 is 4.39 Å². The fraction of sp³-hybridized carbons (Fsp3) is 0.300. The molecule has 5 nitrogen and oxygen atoms in total. The van der Waals surface area contributed by atoms with Crippen molar-refractivity contribution in [3.8, 4) is 0 Å². The van der Waals surface area contributed by atoms with E-state index in [4.69, 9.17) is 0 Å². The minimum Gasteiger partial charge on any atom is -0.363 e. The van der Waals surface area contributed by atoms with E-state index in [1.54, 1.807) is 12.4 Å². The summed E-state index contributed by atoms with van der Waals surface area (Å²) in [6.45, 7) is 2.33. The summed E-state index contributed by atoms with van der Waals surface area (Å²) in [5.74, 6) is -0.151. The van der Waals surface area contributed by atoms with Gasteiger partial charge in [0.05, 0.1) is 11.9 Å². The highest BCUT2D eigenvalue weighted by Gasteiger charge is 2.08. The fourth-order valence-electron chi connectivity index (χ4n) is 1.34. The SMILES string of the molecule is CCc1ncnc(NCc2cn[nH]c2)c1F. The van der Waals surface area contributed by atoms with Crippen LogP contribution < -0.4 is 5.32 Å². The summed E-state index contributed by atoms with van der Waals surface area (Å²) < 4.78 is 13.7. The molecule has 2 aromatic rings. The third-order valence-electron chi connectivity index (χ3n) is 2.21. The van der Waals surface area contributed by atoms with E-state index in [1.807, 2.05) is 6.92 Å². The Hall–Kier alpha value is -1.98. The van der Waals surface area contributed by atoms with Crippen molar-refractivity contribution in [1.29, 1.82) is 0 Å². The lowest BCUT2D eigenvalue weighted by Gasteiger charge is -2.06. The number of halogens is 1. The second-order valence-corrected chi connectivity index (χ2v) is 3.30. The summed E-state index contributed by atoms with van der Waals surface area (Å²) in [4.78, 5) is 7.72. The standard InChI is InChI=1S/C10H12FN5/c1-2-8-9(11)10(14-6-13-8)12-3-7-4-15-16-5-7/h4-6H,2-3H2,1H3,(H,15,16)(H,12,13,14). The first-order valence-electron chi connectivity index (χ1n) is 5.02. The Balaban J connectivity index is 2.09. The Morgan fingerprint density at radius 2 is 2.31 bits per heavy atom. The van der Waals surface area contributed by atoms with E-state index >= 15 is 0 Å². The van der Waals surface area contributed by atoms with Crippen LogP contribution in [-0.2, 0) is 13.0 Å². The highest BCUT2D eigenvalue weighted by Crippen LogP contribution is 2.13. The van der Waals surface area contributed by atoms with Crippen LogP contribution in [0.25, 0.3) is 0 Å². The van der Waals surface area contributed by atoms with E-state index in [0.717, 1.165) is 5.56 Å². The maximum atomic E-state index is 13.7. The Labute approximate surface area is 92.1 Å². The molecule has 2 aromatic heterocycles. The van der Waals surface area contributed by atoms with Gasteiger partial charge in [-0.15, -0.1) is 0 Å². The van der Waals surface area contributed by atoms with Gasteiger partial charge in [0.25, 0.3) is 0 Å². The van der Waals surface area contributed by atoms with Crippen molar-refractivity contribution in [2.45, 2.75) is 19.9 Å². The van der Waals surface area contributed by atoms with Gasteiger partial charge in [-0.3, -0.25) is 5.10 Å². The van der Waals surface area contributed by atoms with Crippen LogP contribution in [-0.4, -0.2) is 20.2 Å². The molecule has 0 aliphatic carbocycles. The van der Waals surface area contributed by atoms with Crippen molar-refractivity contribution in [2.75, 3.05) is 5.32 Å². The van der Waals surface area contributed by atoms with Crippen LogP contribution >= 0.6 is 0 Å². The number of hydrogen-bond acceptors (Lipinski definition) is 4. The lowest BCUT2D eigenvalue weighted by Crippen LogP contribution is -2.06. The molecular formula is C10H12FN5. The van der Waals surface area contributed by atoms with Crippen molar-refractivity contribution in [3.05, 3.63) is 35.8 Å². The molecule has 0 aromatic carbocycles. The molecule has 0 atom stereocenters. The van der Waals surface area contributed by atoms with E-state index in [0.29, 0.717) is 18.7 Å². The van der Waals surface area contributed by atoms with E-state index < -0.39 is 0 Å². The molecule has 0 fully saturated rings. The smallest absolute Gasteiger partial charge is 0.186 e. The van der Waals surface area contributed by atoms with Crippen molar-refractivity contribution >= 4 is 5.82 Å². The van der Waals surface area contributed by atoms with Crippen LogP contribution in [0.15, 0.2) is 18.7 Å². The number of aromatic amines is 1. The molecule has 0 aliphatic rings. The van der Waals surface area contributed by atoms with Crippen LogP contribution in [0.2, 0.25) is 0 Å². The first-order valence-corrected chi connectivity index (χ1v) is 5.02. The molecule has 16 heavy (non-hydrogen) atoms. The van der Waals surface area contributed by atoms with Crippen molar-refractivity contribution in [1.82, 2.24) is 20.2 Å². The number of aryl methyl sites for hydroxylation is 1. The van der Waals surface area contributed by atoms with Crippen LogP contribution in [0.5, 0.6) is 0 Å². The highest BCUT2D eigenvalue weighted by molar-refractivity contribution is 5.37. The lowest BCUT2D eigenvalue weighted by atomic mass is 10.3. The highest BCUT2D eigenvalue weighted by atomic mass is 19.1. The number of nitrogens with one attached hydrogen (secondary N) is 2. The van der Waals surface area contributed by atoms with E-state index in [1.165, 1.54) is 6.33 Å². The molecule has 0 unspecified atom stereocenters. The predicted molar refractivity (Wildman–Crippen MR) is 57.3 cm³/mol. The molecule has 0 spiro atoms. The van der Waals surface area contributed by atoms with Crippen LogP contribution in [0.1, 0.15) is 18.2 Å².